The van der Waals surface area contributed by atoms with Gasteiger partial charge in [-0.25, -0.2) is 0 Å². The van der Waals surface area contributed by atoms with Crippen molar-refractivity contribution in [2.24, 2.45) is 5.73 Å². The minimum Gasteiger partial charge on any atom is -0.351 e. The van der Waals surface area contributed by atoms with Gasteiger partial charge in [0.15, 0.2) is 0 Å². The van der Waals surface area contributed by atoms with E-state index in [2.05, 4.69) is 5.32 Å². The summed E-state index contributed by atoms with van der Waals surface area (Å²) in [4.78, 5) is 12.2. The van der Waals surface area contributed by atoms with Gasteiger partial charge in [0, 0.05) is 6.04 Å². The first-order valence-electron chi connectivity index (χ1n) is 6.26. The second-order valence-corrected chi connectivity index (χ2v) is 5.02. The van der Waals surface area contributed by atoms with Crippen molar-refractivity contribution in [3.8, 4) is 0 Å². The summed E-state index contributed by atoms with van der Waals surface area (Å²) in [6.45, 7) is 1.77. The summed E-state index contributed by atoms with van der Waals surface area (Å²) in [7, 11) is 0. The molecule has 0 heterocycles. The van der Waals surface area contributed by atoms with Crippen molar-refractivity contribution in [1.82, 2.24) is 5.32 Å². The molecule has 3 nitrogen and oxygen atoms in total. The Morgan fingerprint density at radius 1 is 1.28 bits per heavy atom. The SMILES string of the molecule is CC(N)(C(=O)NC1CCCC1)c1ccccc1.Cl. The number of benzene rings is 1. The summed E-state index contributed by atoms with van der Waals surface area (Å²) in [5, 5.41) is 3.05. The van der Waals surface area contributed by atoms with Crippen molar-refractivity contribution in [2.75, 3.05) is 0 Å². The van der Waals surface area contributed by atoms with Gasteiger partial charge in [0.25, 0.3) is 0 Å². The van der Waals surface area contributed by atoms with E-state index < -0.39 is 5.54 Å². The van der Waals surface area contributed by atoms with E-state index in [4.69, 9.17) is 5.73 Å². The van der Waals surface area contributed by atoms with Crippen LogP contribution in [0.15, 0.2) is 30.3 Å². The zero-order valence-electron chi connectivity index (χ0n) is 10.7. The highest BCUT2D eigenvalue weighted by atomic mass is 35.5. The summed E-state index contributed by atoms with van der Waals surface area (Å²) >= 11 is 0. The van der Waals surface area contributed by atoms with Gasteiger partial charge in [-0.15, -0.1) is 12.4 Å². The predicted molar refractivity (Wildman–Crippen MR) is 75.6 cm³/mol. The van der Waals surface area contributed by atoms with Crippen LogP contribution in [0.2, 0.25) is 0 Å². The quantitative estimate of drug-likeness (QED) is 0.884. The molecule has 18 heavy (non-hydrogen) atoms. The van der Waals surface area contributed by atoms with Gasteiger partial charge in [-0.1, -0.05) is 43.2 Å². The Balaban J connectivity index is 0.00000162. The lowest BCUT2D eigenvalue weighted by Crippen LogP contribution is -2.51. The first-order valence-corrected chi connectivity index (χ1v) is 6.26. The fourth-order valence-corrected chi connectivity index (χ4v) is 2.32. The molecule has 0 aliphatic heterocycles. The average Bonchev–Trinajstić information content (AvgIpc) is 2.83. The second-order valence-electron chi connectivity index (χ2n) is 5.02. The number of nitrogens with one attached hydrogen (secondary N) is 1. The van der Waals surface area contributed by atoms with Crippen LogP contribution in [0.4, 0.5) is 0 Å². The monoisotopic (exact) mass is 268 g/mol. The number of hydrogen-bond donors (Lipinski definition) is 2. The minimum absolute atomic E-state index is 0. The van der Waals surface area contributed by atoms with Gasteiger partial charge < -0.3 is 11.1 Å². The third kappa shape index (κ3) is 3.24. The van der Waals surface area contributed by atoms with Crippen molar-refractivity contribution in [3.05, 3.63) is 35.9 Å². The predicted octanol–water partition coefficient (Wildman–Crippen LogP) is 2.34. The molecule has 0 radical (unpaired) electrons. The number of carbonyl (C=O) groups is 1. The first kappa shape index (κ1) is 15.0. The maximum absolute atomic E-state index is 12.2. The third-order valence-electron chi connectivity index (χ3n) is 3.54. The topological polar surface area (TPSA) is 55.1 Å². The highest BCUT2D eigenvalue weighted by Crippen LogP contribution is 2.21. The fraction of sp³-hybridized carbons (Fsp3) is 0.500. The molecule has 1 aromatic carbocycles. The Bertz CT molecular complexity index is 386. The Morgan fingerprint density at radius 2 is 1.83 bits per heavy atom. The molecule has 2 rings (SSSR count). The second kappa shape index (κ2) is 6.21. The molecule has 0 bridgehead atoms. The summed E-state index contributed by atoms with van der Waals surface area (Å²) in [5.41, 5.74) is 6.06. The molecule has 1 unspecified atom stereocenters. The fourth-order valence-electron chi connectivity index (χ4n) is 2.32. The molecular formula is C14H21ClN2O. The van der Waals surface area contributed by atoms with Crippen LogP contribution in [0.1, 0.15) is 38.2 Å². The molecular weight excluding hydrogens is 248 g/mol. The summed E-state index contributed by atoms with van der Waals surface area (Å²) in [5.74, 6) is -0.0735. The van der Waals surface area contributed by atoms with Crippen LogP contribution >= 0.6 is 12.4 Å². The maximum atomic E-state index is 12.2. The Labute approximate surface area is 115 Å². The molecule has 1 aliphatic carbocycles. The molecule has 0 spiro atoms. The van der Waals surface area contributed by atoms with Crippen LogP contribution in [0.3, 0.4) is 0 Å². The first-order chi connectivity index (χ1) is 8.10. The smallest absolute Gasteiger partial charge is 0.244 e. The summed E-state index contributed by atoms with van der Waals surface area (Å²) in [6.07, 6.45) is 4.57. The molecule has 1 aliphatic rings. The van der Waals surface area contributed by atoms with Crippen LogP contribution < -0.4 is 11.1 Å². The standard InChI is InChI=1S/C14H20N2O.ClH/c1-14(15,11-7-3-2-4-8-11)13(17)16-12-9-5-6-10-12;/h2-4,7-8,12H,5-6,9-10,15H2,1H3,(H,16,17);1H. The van der Waals surface area contributed by atoms with Crippen LogP contribution in [-0.2, 0) is 10.3 Å². The van der Waals surface area contributed by atoms with Gasteiger partial charge in [0.1, 0.15) is 5.54 Å². The summed E-state index contributed by atoms with van der Waals surface area (Å²) < 4.78 is 0. The molecule has 1 amide bonds. The Morgan fingerprint density at radius 3 is 2.39 bits per heavy atom. The zero-order valence-corrected chi connectivity index (χ0v) is 11.5. The number of carbonyl (C=O) groups excluding carboxylic acids is 1. The Hall–Kier alpha value is -1.06. The summed E-state index contributed by atoms with van der Waals surface area (Å²) in [6, 6.07) is 9.85. The highest BCUT2D eigenvalue weighted by molar-refractivity contribution is 5.87. The van der Waals surface area contributed by atoms with Crippen molar-refractivity contribution >= 4 is 18.3 Å². The number of rotatable bonds is 3. The zero-order chi connectivity index (χ0) is 12.3. The molecule has 3 N–H and O–H groups in total. The van der Waals surface area contributed by atoms with E-state index in [1.54, 1.807) is 6.92 Å². The van der Waals surface area contributed by atoms with Crippen molar-refractivity contribution < 1.29 is 4.79 Å². The molecule has 1 atom stereocenters. The Kier molecular flexibility index (Phi) is 5.17. The van der Waals surface area contributed by atoms with Gasteiger partial charge in [-0.05, 0) is 25.3 Å². The number of nitrogens with two attached hydrogens (primary N) is 1. The van der Waals surface area contributed by atoms with Gasteiger partial charge in [-0.3, -0.25) is 4.79 Å². The third-order valence-corrected chi connectivity index (χ3v) is 3.54. The van der Waals surface area contributed by atoms with Gasteiger partial charge in [0.2, 0.25) is 5.91 Å². The van der Waals surface area contributed by atoms with E-state index in [-0.39, 0.29) is 18.3 Å². The minimum atomic E-state index is -0.941. The molecule has 1 saturated carbocycles. The highest BCUT2D eigenvalue weighted by Gasteiger charge is 2.32. The normalized spacial score (nSPS) is 18.8. The maximum Gasteiger partial charge on any atom is 0.244 e. The lowest BCUT2D eigenvalue weighted by molar-refractivity contribution is -0.126. The largest absolute Gasteiger partial charge is 0.351 e. The van der Waals surface area contributed by atoms with Crippen molar-refractivity contribution in [2.45, 2.75) is 44.2 Å². The molecule has 0 saturated heterocycles. The van der Waals surface area contributed by atoms with Gasteiger partial charge >= 0.3 is 0 Å². The number of hydrogen-bond acceptors (Lipinski definition) is 2. The van der Waals surface area contributed by atoms with Gasteiger partial charge in [0.05, 0.1) is 0 Å². The van der Waals surface area contributed by atoms with Crippen LogP contribution in [-0.4, -0.2) is 11.9 Å². The number of amides is 1. The molecule has 1 aromatic rings. The molecule has 1 fully saturated rings. The van der Waals surface area contributed by atoms with E-state index in [1.165, 1.54) is 12.8 Å². The molecule has 0 aromatic heterocycles. The van der Waals surface area contributed by atoms with E-state index >= 15 is 0 Å². The van der Waals surface area contributed by atoms with Crippen LogP contribution in [0.5, 0.6) is 0 Å². The molecule has 100 valence electrons. The van der Waals surface area contributed by atoms with Crippen LogP contribution in [0.25, 0.3) is 0 Å². The number of halogens is 1. The van der Waals surface area contributed by atoms with Crippen molar-refractivity contribution in [1.29, 1.82) is 0 Å². The van der Waals surface area contributed by atoms with E-state index in [1.807, 2.05) is 30.3 Å². The van der Waals surface area contributed by atoms with Crippen LogP contribution in [0, 0.1) is 0 Å². The van der Waals surface area contributed by atoms with E-state index in [0.717, 1.165) is 18.4 Å². The van der Waals surface area contributed by atoms with E-state index in [0.29, 0.717) is 6.04 Å². The van der Waals surface area contributed by atoms with Crippen molar-refractivity contribution in [3.63, 3.8) is 0 Å². The average molecular weight is 269 g/mol. The lowest BCUT2D eigenvalue weighted by Gasteiger charge is -2.26. The molecule has 4 heteroatoms. The lowest BCUT2D eigenvalue weighted by atomic mass is 9.92. The van der Waals surface area contributed by atoms with E-state index in [9.17, 15) is 4.79 Å². The van der Waals surface area contributed by atoms with Gasteiger partial charge in [-0.2, -0.15) is 0 Å².